The number of nitrogens with one attached hydrogen (secondary N) is 2. The quantitative estimate of drug-likeness (QED) is 0.280. The zero-order chi connectivity index (χ0) is 24.8. The van der Waals surface area contributed by atoms with E-state index in [-0.39, 0.29) is 17.1 Å². The number of amides is 3. The van der Waals surface area contributed by atoms with Crippen molar-refractivity contribution in [2.75, 3.05) is 10.6 Å². The van der Waals surface area contributed by atoms with Crippen LogP contribution in [0.15, 0.2) is 95.9 Å². The minimum atomic E-state index is -0.516. The highest BCUT2D eigenvalue weighted by Gasteiger charge is 2.19. The Balaban J connectivity index is 1.41. The highest BCUT2D eigenvalue weighted by Crippen LogP contribution is 2.29. The van der Waals surface area contributed by atoms with Gasteiger partial charge in [0.1, 0.15) is 0 Å². The molecule has 4 N–H and O–H groups in total. The number of primary amides is 1. The summed E-state index contributed by atoms with van der Waals surface area (Å²) in [5, 5.41) is 7.58. The molecule has 0 aliphatic carbocycles. The summed E-state index contributed by atoms with van der Waals surface area (Å²) < 4.78 is 0. The third-order valence-electron chi connectivity index (χ3n) is 5.48. The van der Waals surface area contributed by atoms with Crippen molar-refractivity contribution < 1.29 is 14.4 Å². The molecule has 4 aromatic rings. The number of rotatable bonds is 8. The largest absolute Gasteiger partial charge is 0.366 e. The first-order valence-corrected chi connectivity index (χ1v) is 12.1. The van der Waals surface area contributed by atoms with E-state index in [1.54, 1.807) is 24.3 Å². The van der Waals surface area contributed by atoms with Gasteiger partial charge in [-0.05, 0) is 71.8 Å². The summed E-state index contributed by atoms with van der Waals surface area (Å²) in [4.78, 5) is 37.7. The minimum Gasteiger partial charge on any atom is -0.366 e. The zero-order valence-corrected chi connectivity index (χ0v) is 20.0. The lowest BCUT2D eigenvalue weighted by atomic mass is 10.1. The van der Waals surface area contributed by atoms with Gasteiger partial charge in [-0.1, -0.05) is 43.3 Å². The topological polar surface area (TPSA) is 101 Å². The second-order valence-corrected chi connectivity index (χ2v) is 9.27. The molecule has 7 heteroatoms. The number of fused-ring (bicyclic) bond motifs is 1. The number of hydrogen-bond donors (Lipinski definition) is 3. The van der Waals surface area contributed by atoms with Gasteiger partial charge in [-0.3, -0.25) is 14.4 Å². The molecular formula is C28H25N3O3S. The predicted molar refractivity (Wildman–Crippen MR) is 142 cm³/mol. The smallest absolute Gasteiger partial charge is 0.255 e. The fraction of sp³-hybridized carbons (Fsp3) is 0.107. The SMILES string of the molecule is CCC(Sc1cccc(NC(=O)c2ccc3ccccc3c2)c1)C(=O)Nc1ccc(C(N)=O)cc1. The summed E-state index contributed by atoms with van der Waals surface area (Å²) in [6, 6.07) is 27.4. The van der Waals surface area contributed by atoms with Gasteiger partial charge in [0.25, 0.3) is 5.91 Å². The average molecular weight is 484 g/mol. The lowest BCUT2D eigenvalue weighted by Crippen LogP contribution is -2.24. The second kappa shape index (κ2) is 10.9. The standard InChI is InChI=1S/C28H25N3O3S/c1-2-25(28(34)30-22-14-12-19(13-15-22)26(29)32)35-24-9-5-8-23(17-24)31-27(33)21-11-10-18-6-3-4-7-20(18)16-21/h3-17,25H,2H2,1H3,(H2,29,32)(H,30,34)(H,31,33). The van der Waals surface area contributed by atoms with Crippen LogP contribution < -0.4 is 16.4 Å². The molecule has 0 spiro atoms. The van der Waals surface area contributed by atoms with E-state index in [4.69, 9.17) is 5.73 Å². The molecule has 1 unspecified atom stereocenters. The predicted octanol–water partition coefficient (Wildman–Crippen LogP) is 5.70. The Bertz CT molecular complexity index is 1390. The maximum atomic E-state index is 12.8. The van der Waals surface area contributed by atoms with Gasteiger partial charge in [0.2, 0.25) is 11.8 Å². The molecule has 6 nitrogen and oxygen atoms in total. The van der Waals surface area contributed by atoms with Crippen LogP contribution in [0.3, 0.4) is 0 Å². The van der Waals surface area contributed by atoms with E-state index >= 15 is 0 Å². The van der Waals surface area contributed by atoms with E-state index in [0.717, 1.165) is 15.7 Å². The first-order chi connectivity index (χ1) is 16.9. The molecule has 0 saturated carbocycles. The first kappa shape index (κ1) is 24.0. The maximum Gasteiger partial charge on any atom is 0.255 e. The van der Waals surface area contributed by atoms with Gasteiger partial charge >= 0.3 is 0 Å². The van der Waals surface area contributed by atoms with Crippen molar-refractivity contribution in [1.29, 1.82) is 0 Å². The van der Waals surface area contributed by atoms with E-state index in [9.17, 15) is 14.4 Å². The normalized spacial score (nSPS) is 11.6. The molecule has 0 radical (unpaired) electrons. The molecule has 0 aromatic heterocycles. The molecule has 3 amide bonds. The van der Waals surface area contributed by atoms with E-state index < -0.39 is 5.91 Å². The molecule has 0 saturated heterocycles. The Hall–Kier alpha value is -4.10. The van der Waals surface area contributed by atoms with Crippen LogP contribution in [0.25, 0.3) is 10.8 Å². The van der Waals surface area contributed by atoms with Crippen molar-refractivity contribution in [3.8, 4) is 0 Å². The Labute approximate surface area is 207 Å². The van der Waals surface area contributed by atoms with Crippen LogP contribution in [-0.2, 0) is 4.79 Å². The molecule has 176 valence electrons. The summed E-state index contributed by atoms with van der Waals surface area (Å²) >= 11 is 1.43. The summed E-state index contributed by atoms with van der Waals surface area (Å²) in [5.41, 5.74) is 7.47. The third kappa shape index (κ3) is 6.07. The van der Waals surface area contributed by atoms with Crippen LogP contribution in [0.4, 0.5) is 11.4 Å². The number of carbonyl (C=O) groups excluding carboxylic acids is 3. The lowest BCUT2D eigenvalue weighted by molar-refractivity contribution is -0.115. The molecule has 0 fully saturated rings. The number of anilines is 2. The zero-order valence-electron chi connectivity index (χ0n) is 19.2. The van der Waals surface area contributed by atoms with Gasteiger partial charge in [-0.25, -0.2) is 0 Å². The summed E-state index contributed by atoms with van der Waals surface area (Å²) in [5.74, 6) is -0.852. The maximum absolute atomic E-state index is 12.8. The minimum absolute atomic E-state index is 0.144. The lowest BCUT2D eigenvalue weighted by Gasteiger charge is -2.16. The highest BCUT2D eigenvalue weighted by molar-refractivity contribution is 8.00. The van der Waals surface area contributed by atoms with Crippen molar-refractivity contribution in [1.82, 2.24) is 0 Å². The van der Waals surface area contributed by atoms with Crippen LogP contribution >= 0.6 is 11.8 Å². The van der Waals surface area contributed by atoms with Crippen molar-refractivity contribution in [3.63, 3.8) is 0 Å². The molecular weight excluding hydrogens is 458 g/mol. The molecule has 35 heavy (non-hydrogen) atoms. The van der Waals surface area contributed by atoms with Gasteiger partial charge in [0.15, 0.2) is 0 Å². The van der Waals surface area contributed by atoms with E-state index in [2.05, 4.69) is 10.6 Å². The Morgan fingerprint density at radius 3 is 2.20 bits per heavy atom. The van der Waals surface area contributed by atoms with Gasteiger partial charge in [-0.2, -0.15) is 0 Å². The van der Waals surface area contributed by atoms with E-state index in [1.807, 2.05) is 73.7 Å². The second-order valence-electron chi connectivity index (χ2n) is 7.99. The average Bonchev–Trinajstić information content (AvgIpc) is 2.87. The molecule has 0 heterocycles. The Morgan fingerprint density at radius 2 is 1.49 bits per heavy atom. The molecule has 4 rings (SSSR count). The monoisotopic (exact) mass is 483 g/mol. The van der Waals surface area contributed by atoms with Crippen LogP contribution in [0.2, 0.25) is 0 Å². The van der Waals surface area contributed by atoms with Crippen molar-refractivity contribution in [2.24, 2.45) is 5.73 Å². The van der Waals surface area contributed by atoms with Crippen molar-refractivity contribution >= 4 is 51.6 Å². The number of carbonyl (C=O) groups is 3. The molecule has 0 aliphatic rings. The van der Waals surface area contributed by atoms with Crippen molar-refractivity contribution in [3.05, 3.63) is 102 Å². The van der Waals surface area contributed by atoms with Crippen LogP contribution in [0.5, 0.6) is 0 Å². The fourth-order valence-corrected chi connectivity index (χ4v) is 4.62. The molecule has 0 bridgehead atoms. The van der Waals surface area contributed by atoms with Gasteiger partial charge in [0.05, 0.1) is 5.25 Å². The van der Waals surface area contributed by atoms with E-state index in [1.165, 1.54) is 11.8 Å². The molecule has 0 aliphatic heterocycles. The van der Waals surface area contributed by atoms with Crippen LogP contribution in [-0.4, -0.2) is 23.0 Å². The third-order valence-corrected chi connectivity index (χ3v) is 6.84. The Morgan fingerprint density at radius 1 is 0.771 bits per heavy atom. The number of thioether (sulfide) groups is 1. The van der Waals surface area contributed by atoms with Crippen molar-refractivity contribution in [2.45, 2.75) is 23.5 Å². The van der Waals surface area contributed by atoms with E-state index in [0.29, 0.717) is 28.9 Å². The van der Waals surface area contributed by atoms with Crippen LogP contribution in [0, 0.1) is 0 Å². The fourth-order valence-electron chi connectivity index (χ4n) is 3.61. The summed E-state index contributed by atoms with van der Waals surface area (Å²) in [7, 11) is 0. The number of hydrogen-bond acceptors (Lipinski definition) is 4. The Kier molecular flexibility index (Phi) is 7.48. The van der Waals surface area contributed by atoms with Gasteiger partial charge in [0, 0.05) is 27.4 Å². The van der Waals surface area contributed by atoms with Gasteiger partial charge in [-0.15, -0.1) is 11.8 Å². The first-order valence-electron chi connectivity index (χ1n) is 11.2. The summed E-state index contributed by atoms with van der Waals surface area (Å²) in [6.07, 6.45) is 0.615. The number of benzene rings is 4. The molecule has 1 atom stereocenters. The van der Waals surface area contributed by atoms with Gasteiger partial charge < -0.3 is 16.4 Å². The molecule has 4 aromatic carbocycles. The summed E-state index contributed by atoms with van der Waals surface area (Å²) in [6.45, 7) is 1.94. The highest BCUT2D eigenvalue weighted by atomic mass is 32.2. The van der Waals surface area contributed by atoms with Crippen LogP contribution in [0.1, 0.15) is 34.1 Å². The number of nitrogens with two attached hydrogens (primary N) is 1.